The van der Waals surface area contributed by atoms with Crippen molar-refractivity contribution in [2.24, 2.45) is 5.92 Å². The van der Waals surface area contributed by atoms with E-state index in [2.05, 4.69) is 40.2 Å². The number of fused-ring (bicyclic) bond motifs is 1. The van der Waals surface area contributed by atoms with Crippen LogP contribution >= 0.6 is 0 Å². The lowest BCUT2D eigenvalue weighted by Crippen LogP contribution is -2.47. The monoisotopic (exact) mass is 485 g/mol. The van der Waals surface area contributed by atoms with E-state index in [9.17, 15) is 4.79 Å². The van der Waals surface area contributed by atoms with Crippen molar-refractivity contribution in [2.75, 3.05) is 33.9 Å². The second-order valence-corrected chi connectivity index (χ2v) is 9.91. The van der Waals surface area contributed by atoms with Gasteiger partial charge in [-0.3, -0.25) is 14.7 Å². The average molecular weight is 486 g/mol. The summed E-state index contributed by atoms with van der Waals surface area (Å²) in [7, 11) is 3.62. The van der Waals surface area contributed by atoms with Gasteiger partial charge in [-0.25, -0.2) is 0 Å². The maximum atomic E-state index is 13.4. The minimum Gasteiger partial charge on any atom is -0.497 e. The molecule has 5 rings (SSSR count). The maximum absolute atomic E-state index is 13.4. The predicted molar refractivity (Wildman–Crippen MR) is 140 cm³/mol. The molecule has 3 heterocycles. The highest BCUT2D eigenvalue weighted by Gasteiger charge is 2.32. The van der Waals surface area contributed by atoms with Gasteiger partial charge in [0.2, 0.25) is 0 Å². The normalized spacial score (nSPS) is 16.7. The maximum Gasteiger partial charge on any atom is 0.272 e. The van der Waals surface area contributed by atoms with Gasteiger partial charge in [-0.15, -0.1) is 0 Å². The molecule has 3 aromatic rings. The van der Waals surface area contributed by atoms with Gasteiger partial charge in [0, 0.05) is 32.3 Å². The first-order valence-electron chi connectivity index (χ1n) is 12.9. The van der Waals surface area contributed by atoms with Crippen molar-refractivity contribution in [3.8, 4) is 11.5 Å². The fraction of sp³-hybridized carbons (Fsp3) is 0.400. The average Bonchev–Trinajstić information content (AvgIpc) is 3.40. The standard InChI is InChI=1S/C30H35N3O3/c1-32(30(34)27-8-3-4-14-31-27)28(20-22-6-5-7-26(19-22)35-2)24-11-15-33(16-12-24)21-23-9-10-29-25(18-23)13-17-36-29/h3-10,14,18-19,24,28H,11-13,15-17,20-21H2,1-2H3/t28-/m0/s1. The van der Waals surface area contributed by atoms with E-state index in [0.717, 1.165) is 63.4 Å². The Bertz CT molecular complexity index is 1180. The van der Waals surface area contributed by atoms with Crippen LogP contribution in [-0.4, -0.2) is 60.6 Å². The Balaban J connectivity index is 1.28. The number of carbonyl (C=O) groups is 1. The summed E-state index contributed by atoms with van der Waals surface area (Å²) in [6, 6.07) is 20.4. The summed E-state index contributed by atoms with van der Waals surface area (Å²) in [5.41, 5.74) is 4.36. The van der Waals surface area contributed by atoms with Gasteiger partial charge in [0.15, 0.2) is 0 Å². The molecule has 6 heteroatoms. The van der Waals surface area contributed by atoms with Gasteiger partial charge in [0.25, 0.3) is 5.91 Å². The van der Waals surface area contributed by atoms with Crippen LogP contribution in [0.3, 0.4) is 0 Å². The first-order valence-corrected chi connectivity index (χ1v) is 12.9. The Kier molecular flexibility index (Phi) is 7.52. The van der Waals surface area contributed by atoms with E-state index in [0.29, 0.717) is 11.6 Å². The third-order valence-corrected chi connectivity index (χ3v) is 7.62. The van der Waals surface area contributed by atoms with Gasteiger partial charge in [-0.2, -0.15) is 0 Å². The van der Waals surface area contributed by atoms with Gasteiger partial charge < -0.3 is 14.4 Å². The molecule has 2 aliphatic rings. The predicted octanol–water partition coefficient (Wildman–Crippen LogP) is 4.62. The van der Waals surface area contributed by atoms with Crippen molar-refractivity contribution < 1.29 is 14.3 Å². The molecule has 0 radical (unpaired) electrons. The molecule has 0 unspecified atom stereocenters. The minimum absolute atomic E-state index is 0.0220. The number of likely N-dealkylation sites (tertiary alicyclic amines) is 1. The van der Waals surface area contributed by atoms with Crippen molar-refractivity contribution in [1.82, 2.24) is 14.8 Å². The number of amides is 1. The summed E-state index contributed by atoms with van der Waals surface area (Å²) in [6.07, 6.45) is 5.60. The highest BCUT2D eigenvalue weighted by atomic mass is 16.5. The summed E-state index contributed by atoms with van der Waals surface area (Å²) in [5.74, 6) is 2.28. The third kappa shape index (κ3) is 5.54. The van der Waals surface area contributed by atoms with Crippen molar-refractivity contribution in [3.05, 3.63) is 89.2 Å². The number of piperidine rings is 1. The van der Waals surface area contributed by atoms with Crippen LogP contribution in [0.4, 0.5) is 0 Å². The lowest BCUT2D eigenvalue weighted by atomic mass is 9.84. The number of hydrogen-bond donors (Lipinski definition) is 0. The Hall–Kier alpha value is -3.38. The van der Waals surface area contributed by atoms with E-state index in [1.807, 2.05) is 36.2 Å². The molecule has 1 atom stereocenters. The highest BCUT2D eigenvalue weighted by Crippen LogP contribution is 2.30. The van der Waals surface area contributed by atoms with E-state index in [1.54, 1.807) is 19.4 Å². The van der Waals surface area contributed by atoms with E-state index in [-0.39, 0.29) is 11.9 Å². The second kappa shape index (κ2) is 11.1. The van der Waals surface area contributed by atoms with Gasteiger partial charge >= 0.3 is 0 Å². The molecule has 0 saturated carbocycles. The molecule has 0 spiro atoms. The highest BCUT2D eigenvalue weighted by molar-refractivity contribution is 5.92. The summed E-state index contributed by atoms with van der Waals surface area (Å²) < 4.78 is 11.1. The van der Waals surface area contributed by atoms with E-state index in [4.69, 9.17) is 9.47 Å². The summed E-state index contributed by atoms with van der Waals surface area (Å²) in [6.45, 7) is 3.81. The summed E-state index contributed by atoms with van der Waals surface area (Å²) in [5, 5.41) is 0. The third-order valence-electron chi connectivity index (χ3n) is 7.62. The number of likely N-dealkylation sites (N-methyl/N-ethyl adjacent to an activating group) is 1. The lowest BCUT2D eigenvalue weighted by molar-refractivity contribution is 0.0579. The number of nitrogens with zero attached hydrogens (tertiary/aromatic N) is 3. The number of methoxy groups -OCH3 is 1. The molecule has 1 aromatic heterocycles. The van der Waals surface area contributed by atoms with E-state index in [1.165, 1.54) is 16.7 Å². The molecule has 0 aliphatic carbocycles. The fourth-order valence-corrected chi connectivity index (χ4v) is 5.57. The van der Waals surface area contributed by atoms with Crippen molar-refractivity contribution in [3.63, 3.8) is 0 Å². The SMILES string of the molecule is COc1cccc(C[C@@H](C2CCN(Cc3ccc4c(c3)CCO4)CC2)N(C)C(=O)c2ccccn2)c1. The Morgan fingerprint density at radius 3 is 2.75 bits per heavy atom. The molecule has 1 saturated heterocycles. The summed E-state index contributed by atoms with van der Waals surface area (Å²) in [4.78, 5) is 22.1. The van der Waals surface area contributed by atoms with Gasteiger partial charge in [0.05, 0.1) is 13.7 Å². The molecule has 6 nitrogen and oxygen atoms in total. The van der Waals surface area contributed by atoms with Crippen molar-refractivity contribution >= 4 is 5.91 Å². The first-order chi connectivity index (χ1) is 17.6. The number of pyridine rings is 1. The van der Waals surface area contributed by atoms with E-state index < -0.39 is 0 Å². The Morgan fingerprint density at radius 2 is 1.97 bits per heavy atom. The Labute approximate surface area is 213 Å². The molecule has 1 fully saturated rings. The quantitative estimate of drug-likeness (QED) is 0.466. The first kappa shape index (κ1) is 24.3. The number of ether oxygens (including phenoxy) is 2. The van der Waals surface area contributed by atoms with Crippen LogP contribution in [0.25, 0.3) is 0 Å². The zero-order valence-electron chi connectivity index (χ0n) is 21.2. The van der Waals surface area contributed by atoms with E-state index >= 15 is 0 Å². The second-order valence-electron chi connectivity index (χ2n) is 9.91. The lowest BCUT2D eigenvalue weighted by Gasteiger charge is -2.40. The molecular weight excluding hydrogens is 450 g/mol. The molecule has 2 aliphatic heterocycles. The topological polar surface area (TPSA) is 54.9 Å². The number of aromatic nitrogens is 1. The van der Waals surface area contributed by atoms with Crippen LogP contribution in [0.15, 0.2) is 66.9 Å². The molecule has 0 bridgehead atoms. The zero-order valence-corrected chi connectivity index (χ0v) is 21.2. The van der Waals surface area contributed by atoms with Crippen LogP contribution in [0.5, 0.6) is 11.5 Å². The van der Waals surface area contributed by atoms with Gasteiger partial charge in [0.1, 0.15) is 17.2 Å². The number of hydrogen-bond acceptors (Lipinski definition) is 5. The fourth-order valence-electron chi connectivity index (χ4n) is 5.57. The summed E-state index contributed by atoms with van der Waals surface area (Å²) >= 11 is 0. The minimum atomic E-state index is -0.0220. The number of benzene rings is 2. The Morgan fingerprint density at radius 1 is 1.11 bits per heavy atom. The molecule has 1 amide bonds. The van der Waals surface area contributed by atoms with Crippen molar-refractivity contribution in [2.45, 2.75) is 38.3 Å². The van der Waals surface area contributed by atoms with Crippen LogP contribution in [0.2, 0.25) is 0 Å². The molecule has 0 N–H and O–H groups in total. The largest absolute Gasteiger partial charge is 0.497 e. The zero-order chi connectivity index (χ0) is 24.9. The smallest absolute Gasteiger partial charge is 0.272 e. The van der Waals surface area contributed by atoms with Crippen LogP contribution < -0.4 is 9.47 Å². The van der Waals surface area contributed by atoms with Crippen molar-refractivity contribution in [1.29, 1.82) is 0 Å². The molecule has 2 aromatic carbocycles. The van der Waals surface area contributed by atoms with Crippen LogP contribution in [-0.2, 0) is 19.4 Å². The molecule has 188 valence electrons. The van der Waals surface area contributed by atoms with Crippen LogP contribution in [0.1, 0.15) is 40.0 Å². The van der Waals surface area contributed by atoms with Gasteiger partial charge in [-0.05, 0) is 85.3 Å². The molecular formula is C30H35N3O3. The van der Waals surface area contributed by atoms with Crippen LogP contribution in [0, 0.1) is 5.92 Å². The van der Waals surface area contributed by atoms with Gasteiger partial charge in [-0.1, -0.05) is 30.3 Å². The molecule has 36 heavy (non-hydrogen) atoms. The number of rotatable bonds is 8. The number of carbonyl (C=O) groups excluding carboxylic acids is 1.